The number of rotatable bonds is 5. The zero-order chi connectivity index (χ0) is 22.2. The molecule has 0 bridgehead atoms. The number of aromatic amines is 1. The Kier molecular flexibility index (Phi) is 5.48. The van der Waals surface area contributed by atoms with E-state index in [0.29, 0.717) is 18.4 Å². The second kappa shape index (κ2) is 8.44. The lowest BCUT2D eigenvalue weighted by Crippen LogP contribution is -2.34. The first-order valence-corrected chi connectivity index (χ1v) is 11.7. The summed E-state index contributed by atoms with van der Waals surface area (Å²) in [4.78, 5) is 14.3. The predicted molar refractivity (Wildman–Crippen MR) is 132 cm³/mol. The number of H-pyrrole nitrogens is 1. The molecule has 1 aromatic carbocycles. The number of hydrogen-bond donors (Lipinski definition) is 1. The average molecular weight is 426 g/mol. The quantitative estimate of drug-likeness (QED) is 0.402. The molecule has 4 aromatic rings. The van der Waals surface area contributed by atoms with Gasteiger partial charge in [-0.1, -0.05) is 19.9 Å². The van der Waals surface area contributed by atoms with Gasteiger partial charge in [-0.05, 0) is 73.2 Å². The number of pyridine rings is 1. The van der Waals surface area contributed by atoms with Crippen molar-refractivity contribution in [1.82, 2.24) is 19.4 Å². The summed E-state index contributed by atoms with van der Waals surface area (Å²) in [6, 6.07) is 11.2. The van der Waals surface area contributed by atoms with Crippen molar-refractivity contribution in [3.8, 4) is 11.3 Å². The van der Waals surface area contributed by atoms with Gasteiger partial charge < -0.3 is 14.4 Å². The molecule has 0 radical (unpaired) electrons. The highest BCUT2D eigenvalue weighted by Crippen LogP contribution is 2.40. The highest BCUT2D eigenvalue weighted by Gasteiger charge is 2.24. The van der Waals surface area contributed by atoms with Gasteiger partial charge in [0.15, 0.2) is 0 Å². The second-order valence-electron chi connectivity index (χ2n) is 9.40. The predicted octanol–water partition coefficient (Wildman–Crippen LogP) is 5.94. The molecule has 1 N–H and O–H groups in total. The maximum Gasteiger partial charge on any atom is 0.227 e. The van der Waals surface area contributed by atoms with Crippen LogP contribution in [0.1, 0.15) is 49.7 Å². The molecule has 0 amide bonds. The number of nitrogens with zero attached hydrogens (tertiary/aromatic N) is 4. The fourth-order valence-electron chi connectivity index (χ4n) is 5.39. The van der Waals surface area contributed by atoms with Crippen LogP contribution in [-0.2, 0) is 7.05 Å². The maximum absolute atomic E-state index is 7.03. The SMILES string of the molecule is [C-]#[N+]CCN1CCC(c2ccc3[nH]c(-c4cn(C)c5ncccc45)c(C(C)C)c3c2)CC1. The van der Waals surface area contributed by atoms with Crippen LogP contribution in [0.4, 0.5) is 0 Å². The Morgan fingerprint density at radius 3 is 2.75 bits per heavy atom. The molecule has 1 fully saturated rings. The van der Waals surface area contributed by atoms with Crippen molar-refractivity contribution in [2.45, 2.75) is 38.5 Å². The number of benzene rings is 1. The van der Waals surface area contributed by atoms with Crippen molar-refractivity contribution in [3.63, 3.8) is 0 Å². The van der Waals surface area contributed by atoms with Gasteiger partial charge in [-0.25, -0.2) is 11.6 Å². The molecule has 5 heteroatoms. The van der Waals surface area contributed by atoms with Crippen LogP contribution in [-0.4, -0.2) is 45.6 Å². The summed E-state index contributed by atoms with van der Waals surface area (Å²) in [6.07, 6.45) is 6.41. The largest absolute Gasteiger partial charge is 0.354 e. The summed E-state index contributed by atoms with van der Waals surface area (Å²) in [5.74, 6) is 1.01. The van der Waals surface area contributed by atoms with Gasteiger partial charge in [-0.15, -0.1) is 0 Å². The summed E-state index contributed by atoms with van der Waals surface area (Å²) in [5.41, 5.74) is 7.52. The molecule has 0 aliphatic carbocycles. The van der Waals surface area contributed by atoms with E-state index in [1.165, 1.54) is 51.5 Å². The Morgan fingerprint density at radius 1 is 1.19 bits per heavy atom. The number of aromatic nitrogens is 3. The minimum Gasteiger partial charge on any atom is -0.354 e. The lowest BCUT2D eigenvalue weighted by molar-refractivity contribution is 0.221. The zero-order valence-electron chi connectivity index (χ0n) is 19.2. The number of aryl methyl sites for hydroxylation is 1. The summed E-state index contributed by atoms with van der Waals surface area (Å²) < 4.78 is 2.12. The lowest BCUT2D eigenvalue weighted by atomic mass is 9.87. The summed E-state index contributed by atoms with van der Waals surface area (Å²) in [6.45, 7) is 15.3. The molecule has 1 aliphatic rings. The number of hydrogen-bond acceptors (Lipinski definition) is 2. The maximum atomic E-state index is 7.03. The minimum atomic E-state index is 0.413. The molecule has 0 unspecified atom stereocenters. The van der Waals surface area contributed by atoms with Crippen LogP contribution in [0, 0.1) is 6.57 Å². The molecular formula is C27H31N5. The normalized spacial score (nSPS) is 15.7. The van der Waals surface area contributed by atoms with Gasteiger partial charge in [0.25, 0.3) is 0 Å². The van der Waals surface area contributed by atoms with Crippen molar-refractivity contribution in [3.05, 3.63) is 65.3 Å². The van der Waals surface area contributed by atoms with Gasteiger partial charge in [0, 0.05) is 41.3 Å². The molecule has 4 heterocycles. The van der Waals surface area contributed by atoms with E-state index in [1.807, 2.05) is 12.3 Å². The molecule has 164 valence electrons. The molecular weight excluding hydrogens is 394 g/mol. The van der Waals surface area contributed by atoms with E-state index in [1.54, 1.807) is 0 Å². The van der Waals surface area contributed by atoms with E-state index in [0.717, 1.165) is 25.3 Å². The van der Waals surface area contributed by atoms with Crippen LogP contribution in [0.15, 0.2) is 42.7 Å². The van der Waals surface area contributed by atoms with E-state index < -0.39 is 0 Å². The highest BCUT2D eigenvalue weighted by atomic mass is 15.1. The fraction of sp³-hybridized carbons (Fsp3) is 0.407. The van der Waals surface area contributed by atoms with E-state index in [4.69, 9.17) is 6.57 Å². The molecule has 5 nitrogen and oxygen atoms in total. The summed E-state index contributed by atoms with van der Waals surface area (Å²) >= 11 is 0. The lowest BCUT2D eigenvalue weighted by Gasteiger charge is -2.31. The van der Waals surface area contributed by atoms with Gasteiger partial charge in [0.1, 0.15) is 5.65 Å². The zero-order valence-corrected chi connectivity index (χ0v) is 19.2. The van der Waals surface area contributed by atoms with E-state index in [9.17, 15) is 0 Å². The average Bonchev–Trinajstić information content (AvgIpc) is 3.35. The highest BCUT2D eigenvalue weighted by molar-refractivity contribution is 5.99. The Balaban J connectivity index is 1.53. The summed E-state index contributed by atoms with van der Waals surface area (Å²) in [7, 11) is 2.07. The third-order valence-electron chi connectivity index (χ3n) is 7.03. The van der Waals surface area contributed by atoms with Crippen LogP contribution >= 0.6 is 0 Å². The molecule has 1 saturated heterocycles. The molecule has 0 atom stereocenters. The molecule has 0 spiro atoms. The van der Waals surface area contributed by atoms with E-state index >= 15 is 0 Å². The van der Waals surface area contributed by atoms with Crippen molar-refractivity contribution in [2.75, 3.05) is 26.2 Å². The molecule has 5 rings (SSSR count). The van der Waals surface area contributed by atoms with Crippen molar-refractivity contribution < 1.29 is 0 Å². The van der Waals surface area contributed by atoms with E-state index in [2.05, 4.69) is 75.6 Å². The Hall–Kier alpha value is -3.10. The second-order valence-corrected chi connectivity index (χ2v) is 9.40. The molecule has 1 aliphatic heterocycles. The van der Waals surface area contributed by atoms with E-state index in [-0.39, 0.29) is 0 Å². The number of piperidine rings is 1. The summed E-state index contributed by atoms with van der Waals surface area (Å²) in [5, 5.41) is 2.54. The first-order valence-electron chi connectivity index (χ1n) is 11.7. The first-order chi connectivity index (χ1) is 15.6. The first kappa shape index (κ1) is 20.8. The van der Waals surface area contributed by atoms with Gasteiger partial charge in [-0.3, -0.25) is 4.90 Å². The number of nitrogens with one attached hydrogen (secondary N) is 1. The van der Waals surface area contributed by atoms with Crippen LogP contribution in [0.25, 0.3) is 38.0 Å². The monoisotopic (exact) mass is 425 g/mol. The van der Waals surface area contributed by atoms with Crippen LogP contribution in [0.5, 0.6) is 0 Å². The van der Waals surface area contributed by atoms with Gasteiger partial charge in [-0.2, -0.15) is 0 Å². The molecule has 32 heavy (non-hydrogen) atoms. The van der Waals surface area contributed by atoms with Gasteiger partial charge in [0.2, 0.25) is 6.54 Å². The fourth-order valence-corrected chi connectivity index (χ4v) is 5.39. The number of likely N-dealkylation sites (tertiary alicyclic amines) is 1. The van der Waals surface area contributed by atoms with Crippen LogP contribution in [0.2, 0.25) is 0 Å². The van der Waals surface area contributed by atoms with Crippen molar-refractivity contribution in [2.24, 2.45) is 7.05 Å². The van der Waals surface area contributed by atoms with Crippen LogP contribution < -0.4 is 0 Å². The van der Waals surface area contributed by atoms with Crippen molar-refractivity contribution >= 4 is 21.9 Å². The Labute approximate surface area is 189 Å². The van der Waals surface area contributed by atoms with Crippen molar-refractivity contribution in [1.29, 1.82) is 0 Å². The topological polar surface area (TPSA) is 41.2 Å². The third-order valence-corrected chi connectivity index (χ3v) is 7.03. The third kappa shape index (κ3) is 3.59. The van der Waals surface area contributed by atoms with Gasteiger partial charge >= 0.3 is 0 Å². The van der Waals surface area contributed by atoms with Crippen LogP contribution in [0.3, 0.4) is 0 Å². The minimum absolute atomic E-state index is 0.413. The standard InChI is InChI=1S/C27H31N5/c1-18(2)25-22-16-20(19-9-13-32(14-10-19)15-12-28-3)7-8-24(22)30-26(25)23-17-31(4)27-21(23)6-5-11-29-27/h5-8,11,16-19,30H,9-10,12-15H2,1-2,4H3. The number of fused-ring (bicyclic) bond motifs is 2. The molecule has 3 aromatic heterocycles. The Morgan fingerprint density at radius 2 is 2.00 bits per heavy atom. The smallest absolute Gasteiger partial charge is 0.227 e. The molecule has 0 saturated carbocycles. The Bertz CT molecular complexity index is 1300. The van der Waals surface area contributed by atoms with Gasteiger partial charge in [0.05, 0.1) is 12.2 Å².